The van der Waals surface area contributed by atoms with E-state index in [1.54, 1.807) is 12.1 Å². The van der Waals surface area contributed by atoms with Crippen molar-refractivity contribution in [3.8, 4) is 11.5 Å². The minimum Gasteiger partial charge on any atom is -0.493 e. The van der Waals surface area contributed by atoms with E-state index in [9.17, 15) is 9.59 Å². The SMILES string of the molecule is COc1ccc2c(c1OC)C(=O)C1=C(O[C@@H](C(C)=C(C)C)C1)C2=O. The number of carbonyl (C=O) groups is 2. The third-order valence-electron chi connectivity index (χ3n) is 4.69. The molecule has 0 fully saturated rings. The average molecular weight is 328 g/mol. The molecule has 0 radical (unpaired) electrons. The van der Waals surface area contributed by atoms with E-state index in [1.807, 2.05) is 20.8 Å². The Kier molecular flexibility index (Phi) is 3.95. The Morgan fingerprint density at radius 1 is 1.08 bits per heavy atom. The summed E-state index contributed by atoms with van der Waals surface area (Å²) in [6.07, 6.45) is 0.131. The number of carbonyl (C=O) groups excluding carboxylic acids is 2. The molecule has 0 unspecified atom stereocenters. The Morgan fingerprint density at radius 2 is 1.79 bits per heavy atom. The molecule has 1 heterocycles. The van der Waals surface area contributed by atoms with E-state index in [1.165, 1.54) is 14.2 Å². The molecule has 24 heavy (non-hydrogen) atoms. The first-order chi connectivity index (χ1) is 11.4. The number of Topliss-reactive ketones (excluding diaryl/α,β-unsaturated/α-hetero) is 2. The van der Waals surface area contributed by atoms with Gasteiger partial charge in [0.15, 0.2) is 23.0 Å². The number of allylic oxidation sites excluding steroid dienone is 2. The second kappa shape index (κ2) is 5.82. The van der Waals surface area contributed by atoms with Crippen molar-refractivity contribution in [2.45, 2.75) is 33.3 Å². The highest BCUT2D eigenvalue weighted by Crippen LogP contribution is 2.43. The van der Waals surface area contributed by atoms with Crippen molar-refractivity contribution < 1.29 is 23.8 Å². The summed E-state index contributed by atoms with van der Waals surface area (Å²) in [5, 5.41) is 0. The van der Waals surface area contributed by atoms with Gasteiger partial charge >= 0.3 is 0 Å². The lowest BCUT2D eigenvalue weighted by Crippen LogP contribution is -2.21. The summed E-state index contributed by atoms with van der Waals surface area (Å²) in [4.78, 5) is 25.8. The first-order valence-electron chi connectivity index (χ1n) is 7.78. The van der Waals surface area contributed by atoms with E-state index in [0.717, 1.165) is 11.1 Å². The number of ketones is 2. The third-order valence-corrected chi connectivity index (χ3v) is 4.69. The molecule has 0 amide bonds. The third kappa shape index (κ3) is 2.23. The summed E-state index contributed by atoms with van der Waals surface area (Å²) in [6, 6.07) is 3.22. The number of ether oxygens (including phenoxy) is 3. The summed E-state index contributed by atoms with van der Waals surface area (Å²) < 4.78 is 16.4. The molecule has 0 bridgehead atoms. The minimum absolute atomic E-state index is 0.172. The molecule has 1 aromatic carbocycles. The highest BCUT2D eigenvalue weighted by atomic mass is 16.5. The van der Waals surface area contributed by atoms with Gasteiger partial charge in [0.1, 0.15) is 6.10 Å². The van der Waals surface area contributed by atoms with Crippen LogP contribution in [-0.2, 0) is 4.74 Å². The van der Waals surface area contributed by atoms with E-state index >= 15 is 0 Å². The number of methoxy groups -OCH3 is 2. The molecule has 0 aromatic heterocycles. The molecular formula is C19H20O5. The van der Waals surface area contributed by atoms with Crippen molar-refractivity contribution in [2.24, 2.45) is 0 Å². The Hall–Kier alpha value is -2.56. The van der Waals surface area contributed by atoms with Gasteiger partial charge in [-0.2, -0.15) is 0 Å². The number of rotatable bonds is 3. The van der Waals surface area contributed by atoms with Crippen LogP contribution in [0.25, 0.3) is 0 Å². The molecule has 5 heteroatoms. The Morgan fingerprint density at radius 3 is 2.38 bits per heavy atom. The van der Waals surface area contributed by atoms with Gasteiger partial charge in [-0.1, -0.05) is 5.57 Å². The van der Waals surface area contributed by atoms with Gasteiger partial charge in [-0.3, -0.25) is 9.59 Å². The van der Waals surface area contributed by atoms with Crippen LogP contribution in [0.2, 0.25) is 0 Å². The van der Waals surface area contributed by atoms with Gasteiger partial charge in [-0.05, 0) is 38.5 Å². The van der Waals surface area contributed by atoms with Gasteiger partial charge in [-0.25, -0.2) is 0 Å². The van der Waals surface area contributed by atoms with Gasteiger partial charge < -0.3 is 14.2 Å². The Labute approximate surface area is 140 Å². The Balaban J connectivity index is 2.10. The maximum absolute atomic E-state index is 13.0. The van der Waals surface area contributed by atoms with Crippen molar-refractivity contribution in [2.75, 3.05) is 14.2 Å². The van der Waals surface area contributed by atoms with E-state index in [-0.39, 0.29) is 29.0 Å². The molecular weight excluding hydrogens is 308 g/mol. The van der Waals surface area contributed by atoms with Crippen LogP contribution in [0.1, 0.15) is 47.9 Å². The van der Waals surface area contributed by atoms with E-state index < -0.39 is 0 Å². The topological polar surface area (TPSA) is 61.8 Å². The zero-order valence-corrected chi connectivity index (χ0v) is 14.5. The lowest BCUT2D eigenvalue weighted by Gasteiger charge is -2.19. The second-order valence-electron chi connectivity index (χ2n) is 6.18. The molecule has 5 nitrogen and oxygen atoms in total. The molecule has 0 saturated carbocycles. The Bertz CT molecular complexity index is 809. The van der Waals surface area contributed by atoms with Gasteiger partial charge in [0.25, 0.3) is 0 Å². The molecule has 0 spiro atoms. The summed E-state index contributed by atoms with van der Waals surface area (Å²) in [6.45, 7) is 5.94. The molecule has 3 rings (SSSR count). The van der Waals surface area contributed by atoms with E-state index in [4.69, 9.17) is 14.2 Å². The fraction of sp³-hybridized carbons (Fsp3) is 0.368. The van der Waals surface area contributed by atoms with Crippen molar-refractivity contribution in [1.82, 2.24) is 0 Å². The van der Waals surface area contributed by atoms with Crippen molar-refractivity contribution in [3.05, 3.63) is 45.7 Å². The maximum atomic E-state index is 13.0. The van der Waals surface area contributed by atoms with Gasteiger partial charge in [0.2, 0.25) is 5.78 Å². The lowest BCUT2D eigenvalue weighted by molar-refractivity contribution is 0.0873. The fourth-order valence-corrected chi connectivity index (χ4v) is 3.10. The van der Waals surface area contributed by atoms with Crippen LogP contribution in [0.4, 0.5) is 0 Å². The van der Waals surface area contributed by atoms with Gasteiger partial charge in [0.05, 0.1) is 25.4 Å². The zero-order chi connectivity index (χ0) is 17.6. The first-order valence-corrected chi connectivity index (χ1v) is 7.78. The predicted molar refractivity (Wildman–Crippen MR) is 88.8 cm³/mol. The molecule has 126 valence electrons. The van der Waals surface area contributed by atoms with Crippen LogP contribution in [0.5, 0.6) is 11.5 Å². The van der Waals surface area contributed by atoms with Crippen LogP contribution < -0.4 is 9.47 Å². The first kappa shape index (κ1) is 16.3. The monoisotopic (exact) mass is 328 g/mol. The standard InChI is InChI=1S/C19H20O5/c1-9(2)10(3)14-8-12-16(20)15-11(17(21)18(12)24-14)6-7-13(22-4)19(15)23-5/h6-7,14H,8H2,1-5H3/t14-/m1/s1. The maximum Gasteiger partial charge on any atom is 0.228 e. The van der Waals surface area contributed by atoms with Crippen LogP contribution in [0, 0.1) is 0 Å². The normalized spacial score (nSPS) is 18.8. The summed E-state index contributed by atoms with van der Waals surface area (Å²) >= 11 is 0. The molecule has 1 aromatic rings. The van der Waals surface area contributed by atoms with Gasteiger partial charge in [0, 0.05) is 12.0 Å². The fourth-order valence-electron chi connectivity index (χ4n) is 3.10. The molecule has 0 saturated heterocycles. The van der Waals surface area contributed by atoms with Crippen molar-refractivity contribution in [3.63, 3.8) is 0 Å². The smallest absolute Gasteiger partial charge is 0.228 e. The number of hydrogen-bond donors (Lipinski definition) is 0. The average Bonchev–Trinajstić information content (AvgIpc) is 3.03. The van der Waals surface area contributed by atoms with Crippen molar-refractivity contribution in [1.29, 1.82) is 0 Å². The minimum atomic E-state index is -0.274. The highest BCUT2D eigenvalue weighted by Gasteiger charge is 2.42. The molecule has 1 atom stereocenters. The predicted octanol–water partition coefficient (Wildman–Crippen LogP) is 3.48. The molecule has 1 aliphatic carbocycles. The zero-order valence-electron chi connectivity index (χ0n) is 14.5. The summed E-state index contributed by atoms with van der Waals surface area (Å²) in [5.74, 6) is 0.397. The van der Waals surface area contributed by atoms with Crippen LogP contribution in [0.3, 0.4) is 0 Å². The van der Waals surface area contributed by atoms with Crippen LogP contribution >= 0.6 is 0 Å². The number of hydrogen-bond acceptors (Lipinski definition) is 5. The quantitative estimate of drug-likeness (QED) is 0.795. The van der Waals surface area contributed by atoms with Crippen LogP contribution in [-0.4, -0.2) is 31.9 Å². The number of benzene rings is 1. The molecule has 1 aliphatic heterocycles. The second-order valence-corrected chi connectivity index (χ2v) is 6.18. The van der Waals surface area contributed by atoms with Crippen molar-refractivity contribution >= 4 is 11.6 Å². The van der Waals surface area contributed by atoms with Gasteiger partial charge in [-0.15, -0.1) is 0 Å². The number of fused-ring (bicyclic) bond motifs is 1. The summed E-state index contributed by atoms with van der Waals surface area (Å²) in [7, 11) is 2.96. The largest absolute Gasteiger partial charge is 0.493 e. The lowest BCUT2D eigenvalue weighted by atomic mass is 9.86. The highest BCUT2D eigenvalue weighted by molar-refractivity contribution is 6.27. The van der Waals surface area contributed by atoms with E-state index in [2.05, 4.69) is 0 Å². The summed E-state index contributed by atoms with van der Waals surface area (Å²) in [5.41, 5.74) is 3.14. The van der Waals surface area contributed by atoms with Crippen LogP contribution in [0.15, 0.2) is 34.6 Å². The van der Waals surface area contributed by atoms with E-state index in [0.29, 0.717) is 29.1 Å². The molecule has 0 N–H and O–H groups in total. The molecule has 2 aliphatic rings.